The average Bonchev–Trinajstić information content (AvgIpc) is 2.71. The van der Waals surface area contributed by atoms with Gasteiger partial charge in [0.25, 0.3) is 0 Å². The first-order valence-corrected chi connectivity index (χ1v) is 5.99. The van der Waals surface area contributed by atoms with Crippen LogP contribution >= 0.6 is 34.8 Å². The van der Waals surface area contributed by atoms with Crippen LogP contribution in [-0.4, -0.2) is 9.55 Å². The smallest absolute Gasteiger partial charge is 0.0953 e. The first-order chi connectivity index (χ1) is 7.70. The third-order valence-corrected chi connectivity index (χ3v) is 3.21. The summed E-state index contributed by atoms with van der Waals surface area (Å²) >= 11 is 17.8. The highest BCUT2D eigenvalue weighted by molar-refractivity contribution is 6.35. The molecule has 0 aliphatic carbocycles. The molecule has 0 saturated carbocycles. The van der Waals surface area contributed by atoms with Crippen molar-refractivity contribution in [2.45, 2.75) is 12.4 Å². The van der Waals surface area contributed by atoms with Crippen molar-refractivity contribution in [2.75, 3.05) is 0 Å². The molecule has 0 bridgehead atoms. The van der Waals surface area contributed by atoms with E-state index in [0.29, 0.717) is 22.5 Å². The van der Waals surface area contributed by atoms with Crippen molar-refractivity contribution in [1.82, 2.24) is 9.55 Å². The third-order valence-electron chi connectivity index (χ3n) is 2.23. The number of benzene rings is 1. The fourth-order valence-corrected chi connectivity index (χ4v) is 2.08. The molecule has 0 spiro atoms. The number of nitrogens with zero attached hydrogens (tertiary/aromatic N) is 2. The van der Waals surface area contributed by atoms with E-state index in [1.54, 1.807) is 6.33 Å². The summed E-state index contributed by atoms with van der Waals surface area (Å²) in [5.41, 5.74) is 1.73. The zero-order valence-corrected chi connectivity index (χ0v) is 10.6. The molecule has 0 N–H and O–H groups in total. The minimum Gasteiger partial charge on any atom is -0.333 e. The van der Waals surface area contributed by atoms with Gasteiger partial charge in [0.2, 0.25) is 0 Å². The zero-order valence-electron chi connectivity index (χ0n) is 8.33. The number of imidazole rings is 1. The summed E-state index contributed by atoms with van der Waals surface area (Å²) in [6.07, 6.45) is 3.60. The molecule has 1 aromatic carbocycles. The molecular formula is C11H9Cl3N2. The molecule has 0 unspecified atom stereocenters. The molecule has 2 aromatic rings. The minimum atomic E-state index is 0.406. The minimum absolute atomic E-state index is 0.406. The highest BCUT2D eigenvalue weighted by Gasteiger charge is 2.06. The van der Waals surface area contributed by atoms with Crippen molar-refractivity contribution in [3.63, 3.8) is 0 Å². The molecule has 0 saturated heterocycles. The molecule has 2 rings (SSSR count). The van der Waals surface area contributed by atoms with Crippen LogP contribution in [0.3, 0.4) is 0 Å². The van der Waals surface area contributed by atoms with Crippen LogP contribution in [0.5, 0.6) is 0 Å². The largest absolute Gasteiger partial charge is 0.333 e. The van der Waals surface area contributed by atoms with Crippen molar-refractivity contribution in [3.8, 4) is 0 Å². The van der Waals surface area contributed by atoms with Crippen LogP contribution in [0, 0.1) is 0 Å². The highest BCUT2D eigenvalue weighted by Crippen LogP contribution is 2.25. The first kappa shape index (κ1) is 11.8. The van der Waals surface area contributed by atoms with Gasteiger partial charge in [-0.15, -0.1) is 11.6 Å². The second-order valence-electron chi connectivity index (χ2n) is 3.37. The van der Waals surface area contributed by atoms with Crippen molar-refractivity contribution in [1.29, 1.82) is 0 Å². The summed E-state index contributed by atoms with van der Waals surface area (Å²) < 4.78 is 1.91. The van der Waals surface area contributed by atoms with E-state index in [9.17, 15) is 0 Å². The third kappa shape index (κ3) is 2.51. The fourth-order valence-electron chi connectivity index (χ4n) is 1.43. The van der Waals surface area contributed by atoms with E-state index in [2.05, 4.69) is 4.98 Å². The van der Waals surface area contributed by atoms with E-state index in [0.717, 1.165) is 11.3 Å². The Morgan fingerprint density at radius 3 is 2.44 bits per heavy atom. The molecule has 0 amide bonds. The van der Waals surface area contributed by atoms with Gasteiger partial charge in [0.1, 0.15) is 0 Å². The Balaban J connectivity index is 2.26. The van der Waals surface area contributed by atoms with Crippen molar-refractivity contribution in [3.05, 3.63) is 52.0 Å². The molecule has 0 atom stereocenters. The quantitative estimate of drug-likeness (QED) is 0.775. The lowest BCUT2D eigenvalue weighted by atomic mass is 10.2. The zero-order chi connectivity index (χ0) is 11.5. The lowest BCUT2D eigenvalue weighted by molar-refractivity contribution is 0.797. The Labute approximate surface area is 109 Å². The lowest BCUT2D eigenvalue weighted by Gasteiger charge is -2.07. The van der Waals surface area contributed by atoms with Crippen LogP contribution in [0.4, 0.5) is 0 Å². The van der Waals surface area contributed by atoms with Crippen molar-refractivity contribution in [2.24, 2.45) is 0 Å². The molecule has 0 aliphatic rings. The van der Waals surface area contributed by atoms with Crippen molar-refractivity contribution >= 4 is 34.8 Å². The van der Waals surface area contributed by atoms with E-state index in [4.69, 9.17) is 34.8 Å². The van der Waals surface area contributed by atoms with Gasteiger partial charge in [-0.2, -0.15) is 0 Å². The number of aromatic nitrogens is 2. The molecule has 1 heterocycles. The maximum absolute atomic E-state index is 6.08. The fraction of sp³-hybridized carbons (Fsp3) is 0.182. The Bertz CT molecular complexity index is 473. The number of alkyl halides is 1. The van der Waals surface area contributed by atoms with Crippen LogP contribution < -0.4 is 0 Å². The van der Waals surface area contributed by atoms with E-state index >= 15 is 0 Å². The van der Waals surface area contributed by atoms with Crippen LogP contribution in [0.15, 0.2) is 30.7 Å². The van der Waals surface area contributed by atoms with Crippen LogP contribution in [0.2, 0.25) is 10.0 Å². The normalized spacial score (nSPS) is 10.7. The van der Waals surface area contributed by atoms with Gasteiger partial charge in [-0.1, -0.05) is 29.3 Å². The predicted octanol–water partition coefficient (Wildman–Crippen LogP) is 3.98. The Hall–Kier alpha value is -0.700. The molecule has 5 heteroatoms. The number of halogens is 3. The molecule has 84 valence electrons. The average molecular weight is 276 g/mol. The lowest BCUT2D eigenvalue weighted by Crippen LogP contribution is -1.98. The van der Waals surface area contributed by atoms with Gasteiger partial charge in [-0.05, 0) is 12.1 Å². The Morgan fingerprint density at radius 2 is 1.88 bits per heavy atom. The van der Waals surface area contributed by atoms with E-state index < -0.39 is 0 Å². The van der Waals surface area contributed by atoms with Crippen LogP contribution in [0.25, 0.3) is 0 Å². The van der Waals surface area contributed by atoms with Gasteiger partial charge in [0.15, 0.2) is 0 Å². The Kier molecular flexibility index (Phi) is 3.74. The second kappa shape index (κ2) is 5.09. The molecule has 0 aliphatic heterocycles. The van der Waals surface area contributed by atoms with E-state index in [-0.39, 0.29) is 0 Å². The number of rotatable bonds is 3. The molecule has 0 fully saturated rings. The summed E-state index contributed by atoms with van der Waals surface area (Å²) in [5.74, 6) is 0.406. The van der Waals surface area contributed by atoms with Gasteiger partial charge < -0.3 is 4.57 Å². The van der Waals surface area contributed by atoms with Gasteiger partial charge in [0.05, 0.1) is 24.4 Å². The SMILES string of the molecule is ClCc1cn(Cc2c(Cl)cccc2Cl)cn1. The topological polar surface area (TPSA) is 17.8 Å². The molecule has 1 aromatic heterocycles. The van der Waals surface area contributed by atoms with Crippen molar-refractivity contribution < 1.29 is 0 Å². The maximum Gasteiger partial charge on any atom is 0.0953 e. The van der Waals surface area contributed by atoms with Crippen LogP contribution in [-0.2, 0) is 12.4 Å². The molecular weight excluding hydrogens is 266 g/mol. The van der Waals surface area contributed by atoms with Gasteiger partial charge in [-0.25, -0.2) is 4.98 Å². The van der Waals surface area contributed by atoms with Gasteiger partial charge in [-0.3, -0.25) is 0 Å². The summed E-state index contributed by atoms with van der Waals surface area (Å²) in [5, 5.41) is 1.32. The van der Waals surface area contributed by atoms with Gasteiger partial charge >= 0.3 is 0 Å². The first-order valence-electron chi connectivity index (χ1n) is 4.70. The number of hydrogen-bond donors (Lipinski definition) is 0. The summed E-state index contributed by atoms with van der Waals surface area (Å²) in [6, 6.07) is 5.47. The van der Waals surface area contributed by atoms with E-state index in [1.165, 1.54) is 0 Å². The number of hydrogen-bond acceptors (Lipinski definition) is 1. The summed E-state index contributed by atoms with van der Waals surface area (Å²) in [6.45, 7) is 0.600. The van der Waals surface area contributed by atoms with Crippen LogP contribution in [0.1, 0.15) is 11.3 Å². The summed E-state index contributed by atoms with van der Waals surface area (Å²) in [7, 11) is 0. The maximum atomic E-state index is 6.08. The summed E-state index contributed by atoms with van der Waals surface area (Å²) in [4.78, 5) is 4.14. The monoisotopic (exact) mass is 274 g/mol. The Morgan fingerprint density at radius 1 is 1.19 bits per heavy atom. The molecule has 16 heavy (non-hydrogen) atoms. The second-order valence-corrected chi connectivity index (χ2v) is 4.45. The van der Waals surface area contributed by atoms with Gasteiger partial charge in [0, 0.05) is 21.8 Å². The highest BCUT2D eigenvalue weighted by atomic mass is 35.5. The van der Waals surface area contributed by atoms with E-state index in [1.807, 2.05) is 29.0 Å². The standard InChI is InChI=1S/C11H9Cl3N2/c12-4-8-5-16(7-15-8)6-9-10(13)2-1-3-11(9)14/h1-3,5,7H,4,6H2. The molecule has 0 radical (unpaired) electrons. The predicted molar refractivity (Wildman–Crippen MR) is 67.3 cm³/mol. The molecule has 2 nitrogen and oxygen atoms in total.